The SMILES string of the molecule is COc1cc(Br)c(C2CC2C(=O)N=C(N)N)cc1OC. The summed E-state index contributed by atoms with van der Waals surface area (Å²) in [4.78, 5) is 15.4. The first-order valence-corrected chi connectivity index (χ1v) is 6.82. The smallest absolute Gasteiger partial charge is 0.252 e. The van der Waals surface area contributed by atoms with Gasteiger partial charge in [-0.25, -0.2) is 0 Å². The molecule has 1 aliphatic rings. The van der Waals surface area contributed by atoms with Gasteiger partial charge in [-0.15, -0.1) is 0 Å². The van der Waals surface area contributed by atoms with Gasteiger partial charge in [0, 0.05) is 10.4 Å². The van der Waals surface area contributed by atoms with Crippen LogP contribution in [-0.2, 0) is 4.79 Å². The highest BCUT2D eigenvalue weighted by Crippen LogP contribution is 2.52. The molecule has 6 nitrogen and oxygen atoms in total. The van der Waals surface area contributed by atoms with E-state index in [4.69, 9.17) is 20.9 Å². The highest BCUT2D eigenvalue weighted by molar-refractivity contribution is 9.10. The molecule has 0 aromatic heterocycles. The molecule has 2 atom stereocenters. The van der Waals surface area contributed by atoms with Crippen LogP contribution in [0.5, 0.6) is 11.5 Å². The summed E-state index contributed by atoms with van der Waals surface area (Å²) in [5, 5.41) is 0. The number of carbonyl (C=O) groups is 1. The summed E-state index contributed by atoms with van der Waals surface area (Å²) in [6, 6.07) is 3.70. The van der Waals surface area contributed by atoms with Gasteiger partial charge in [0.25, 0.3) is 5.91 Å². The highest BCUT2D eigenvalue weighted by Gasteiger charge is 2.45. The number of ether oxygens (including phenoxy) is 2. The zero-order valence-electron chi connectivity index (χ0n) is 11.2. The van der Waals surface area contributed by atoms with Gasteiger partial charge in [-0.3, -0.25) is 4.79 Å². The maximum Gasteiger partial charge on any atom is 0.252 e. The number of benzene rings is 1. The lowest BCUT2D eigenvalue weighted by atomic mass is 10.1. The van der Waals surface area contributed by atoms with E-state index in [0.29, 0.717) is 11.5 Å². The van der Waals surface area contributed by atoms with Crippen LogP contribution in [0, 0.1) is 5.92 Å². The number of carbonyl (C=O) groups excluding carboxylic acids is 1. The van der Waals surface area contributed by atoms with Crippen LogP contribution >= 0.6 is 15.9 Å². The van der Waals surface area contributed by atoms with Gasteiger partial charge in [-0.2, -0.15) is 4.99 Å². The second-order valence-electron chi connectivity index (χ2n) is 4.55. The summed E-state index contributed by atoms with van der Waals surface area (Å²) in [5.41, 5.74) is 11.4. The van der Waals surface area contributed by atoms with Crippen molar-refractivity contribution in [2.45, 2.75) is 12.3 Å². The fourth-order valence-electron chi connectivity index (χ4n) is 2.18. The molecule has 2 unspecified atom stereocenters. The fourth-order valence-corrected chi connectivity index (χ4v) is 2.79. The molecule has 1 aromatic carbocycles. The Kier molecular flexibility index (Phi) is 4.17. The van der Waals surface area contributed by atoms with E-state index in [1.54, 1.807) is 14.2 Å². The second-order valence-corrected chi connectivity index (χ2v) is 5.41. The molecule has 2 rings (SSSR count). The Morgan fingerprint density at radius 1 is 1.30 bits per heavy atom. The third kappa shape index (κ3) is 2.87. The summed E-state index contributed by atoms with van der Waals surface area (Å²) in [5.74, 6) is 0.705. The average Bonchev–Trinajstić information content (AvgIpc) is 3.17. The van der Waals surface area contributed by atoms with Gasteiger partial charge in [0.05, 0.1) is 14.2 Å². The molecular formula is C13H16BrN3O3. The molecule has 4 N–H and O–H groups in total. The molecule has 0 radical (unpaired) electrons. The van der Waals surface area contributed by atoms with Crippen LogP contribution in [0.15, 0.2) is 21.6 Å². The van der Waals surface area contributed by atoms with Gasteiger partial charge in [-0.05, 0) is 30.0 Å². The second kappa shape index (κ2) is 5.70. The molecule has 0 saturated heterocycles. The molecule has 0 heterocycles. The zero-order chi connectivity index (χ0) is 14.9. The Morgan fingerprint density at radius 3 is 2.45 bits per heavy atom. The van der Waals surface area contributed by atoms with E-state index in [9.17, 15) is 4.79 Å². The summed E-state index contributed by atoms with van der Waals surface area (Å²) >= 11 is 3.49. The molecule has 1 aromatic rings. The van der Waals surface area contributed by atoms with Crippen LogP contribution in [0.2, 0.25) is 0 Å². The average molecular weight is 342 g/mol. The summed E-state index contributed by atoms with van der Waals surface area (Å²) in [6.07, 6.45) is 0.726. The maximum absolute atomic E-state index is 11.8. The molecule has 7 heteroatoms. The Bertz CT molecular complexity index is 570. The van der Waals surface area contributed by atoms with Crippen molar-refractivity contribution < 1.29 is 14.3 Å². The molecular weight excluding hydrogens is 326 g/mol. The third-order valence-electron chi connectivity index (χ3n) is 3.25. The summed E-state index contributed by atoms with van der Waals surface area (Å²) in [7, 11) is 3.15. The van der Waals surface area contributed by atoms with Crippen LogP contribution in [0.1, 0.15) is 17.9 Å². The Balaban J connectivity index is 2.24. The van der Waals surface area contributed by atoms with Crippen molar-refractivity contribution in [3.63, 3.8) is 0 Å². The predicted molar refractivity (Wildman–Crippen MR) is 78.9 cm³/mol. The van der Waals surface area contributed by atoms with Crippen LogP contribution in [-0.4, -0.2) is 26.1 Å². The van der Waals surface area contributed by atoms with Gasteiger partial charge >= 0.3 is 0 Å². The van der Waals surface area contributed by atoms with E-state index < -0.39 is 0 Å². The molecule has 20 heavy (non-hydrogen) atoms. The molecule has 108 valence electrons. The first-order valence-electron chi connectivity index (χ1n) is 6.02. The standard InChI is InChI=1S/C13H16BrN3O3/c1-19-10-4-7(9(14)5-11(10)20-2)6-3-8(6)12(18)17-13(15)16/h4-6,8H,3H2,1-2H3,(H4,15,16,17,18). The predicted octanol–water partition coefficient (Wildman–Crippen LogP) is 1.37. The van der Waals surface area contributed by atoms with Crippen molar-refractivity contribution >= 4 is 27.8 Å². The van der Waals surface area contributed by atoms with Gasteiger partial charge in [0.15, 0.2) is 17.5 Å². The normalized spacial score (nSPS) is 20.1. The molecule has 1 aliphatic carbocycles. The minimum absolute atomic E-state index is 0.0970. The number of nitrogens with two attached hydrogens (primary N) is 2. The first-order chi connectivity index (χ1) is 9.47. The van der Waals surface area contributed by atoms with Crippen molar-refractivity contribution in [1.29, 1.82) is 0 Å². The lowest BCUT2D eigenvalue weighted by Crippen LogP contribution is -2.24. The van der Waals surface area contributed by atoms with Gasteiger partial charge in [-0.1, -0.05) is 15.9 Å². The van der Waals surface area contributed by atoms with E-state index in [1.165, 1.54) is 0 Å². The zero-order valence-corrected chi connectivity index (χ0v) is 12.8. The van der Waals surface area contributed by atoms with Crippen molar-refractivity contribution in [3.8, 4) is 11.5 Å². The maximum atomic E-state index is 11.8. The number of rotatable bonds is 4. The largest absolute Gasteiger partial charge is 0.493 e. The molecule has 1 saturated carbocycles. The van der Waals surface area contributed by atoms with Crippen molar-refractivity contribution in [2.24, 2.45) is 22.4 Å². The Hall–Kier alpha value is -1.76. The number of amides is 1. The van der Waals surface area contributed by atoms with Crippen LogP contribution in [0.3, 0.4) is 0 Å². The molecule has 0 spiro atoms. The minimum Gasteiger partial charge on any atom is -0.493 e. The van der Waals surface area contributed by atoms with E-state index in [-0.39, 0.29) is 23.7 Å². The van der Waals surface area contributed by atoms with Crippen LogP contribution in [0.25, 0.3) is 0 Å². The Labute approximate surface area is 125 Å². The number of guanidine groups is 1. The van der Waals surface area contributed by atoms with Crippen molar-refractivity contribution in [1.82, 2.24) is 0 Å². The first kappa shape index (κ1) is 14.6. The van der Waals surface area contributed by atoms with Crippen LogP contribution in [0.4, 0.5) is 0 Å². The summed E-state index contributed by atoms with van der Waals surface area (Å²) in [6.45, 7) is 0. The molecule has 1 amide bonds. The Morgan fingerprint density at radius 2 is 1.90 bits per heavy atom. The van der Waals surface area contributed by atoms with Gasteiger partial charge in [0.2, 0.25) is 0 Å². The number of hydrogen-bond acceptors (Lipinski definition) is 3. The summed E-state index contributed by atoms with van der Waals surface area (Å²) < 4.78 is 11.4. The van der Waals surface area contributed by atoms with Crippen molar-refractivity contribution in [3.05, 3.63) is 22.2 Å². The topological polar surface area (TPSA) is 99.9 Å². The number of aliphatic imine (C=N–C) groups is 1. The monoisotopic (exact) mass is 341 g/mol. The van der Waals surface area contributed by atoms with E-state index in [1.807, 2.05) is 12.1 Å². The van der Waals surface area contributed by atoms with Gasteiger partial charge in [0.1, 0.15) is 0 Å². The minimum atomic E-state index is -0.281. The molecule has 0 aliphatic heterocycles. The number of halogens is 1. The van der Waals surface area contributed by atoms with E-state index in [2.05, 4.69) is 20.9 Å². The van der Waals surface area contributed by atoms with E-state index in [0.717, 1.165) is 16.5 Å². The number of methoxy groups -OCH3 is 2. The van der Waals surface area contributed by atoms with Gasteiger partial charge < -0.3 is 20.9 Å². The third-order valence-corrected chi connectivity index (χ3v) is 3.94. The highest BCUT2D eigenvalue weighted by atomic mass is 79.9. The lowest BCUT2D eigenvalue weighted by Gasteiger charge is -2.11. The van der Waals surface area contributed by atoms with E-state index >= 15 is 0 Å². The quantitative estimate of drug-likeness (QED) is 0.636. The molecule has 1 fully saturated rings. The van der Waals surface area contributed by atoms with Crippen molar-refractivity contribution in [2.75, 3.05) is 14.2 Å². The fraction of sp³-hybridized carbons (Fsp3) is 0.385. The lowest BCUT2D eigenvalue weighted by molar-refractivity contribution is -0.119. The number of hydrogen-bond donors (Lipinski definition) is 2. The van der Waals surface area contributed by atoms with Crippen LogP contribution < -0.4 is 20.9 Å². The number of nitrogens with zero attached hydrogens (tertiary/aromatic N) is 1. The molecule has 0 bridgehead atoms.